The lowest BCUT2D eigenvalue weighted by molar-refractivity contribution is 0.823. The van der Waals surface area contributed by atoms with Gasteiger partial charge in [-0.3, -0.25) is 15.0 Å². The molecule has 0 aromatic carbocycles. The third kappa shape index (κ3) is 13.6. The largest absolute Gasteiger partial charge is 0.265 e. The summed E-state index contributed by atoms with van der Waals surface area (Å²) in [7, 11) is 0. The van der Waals surface area contributed by atoms with E-state index in [2.05, 4.69) is 62.6 Å². The van der Waals surface area contributed by atoms with Gasteiger partial charge >= 0.3 is 0 Å². The number of hydrogen-bond donors (Lipinski definition) is 0. The first kappa shape index (κ1) is 32.1. The maximum absolute atomic E-state index is 4.18. The molecule has 0 amide bonds. The first-order valence-corrected chi connectivity index (χ1v) is 9.62. The van der Waals surface area contributed by atoms with Gasteiger partial charge < -0.3 is 0 Å². The fourth-order valence-electron chi connectivity index (χ4n) is 2.18. The summed E-state index contributed by atoms with van der Waals surface area (Å²) >= 11 is 0. The Balaban J connectivity index is -0.000000347. The van der Waals surface area contributed by atoms with Gasteiger partial charge in [-0.1, -0.05) is 76.0 Å². The third-order valence-corrected chi connectivity index (χ3v) is 4.00. The highest BCUT2D eigenvalue weighted by atomic mass is 14.7. The molecule has 168 valence electrons. The van der Waals surface area contributed by atoms with Gasteiger partial charge in [0.15, 0.2) is 0 Å². The van der Waals surface area contributed by atoms with Crippen LogP contribution in [0.4, 0.5) is 0 Å². The highest BCUT2D eigenvalue weighted by Crippen LogP contribution is 2.11. The molecule has 3 aromatic rings. The summed E-state index contributed by atoms with van der Waals surface area (Å²) in [6.07, 6.45) is 9.19. The fourth-order valence-corrected chi connectivity index (χ4v) is 2.18. The average molecular weight is 412 g/mol. The van der Waals surface area contributed by atoms with Crippen molar-refractivity contribution in [3.63, 3.8) is 0 Å². The molecule has 0 radical (unpaired) electrons. The Kier molecular flexibility index (Phi) is 19.8. The van der Waals surface area contributed by atoms with E-state index in [1.165, 1.54) is 11.1 Å². The minimum atomic E-state index is 0. The minimum Gasteiger partial charge on any atom is -0.265 e. The quantitative estimate of drug-likeness (QED) is 0.433. The van der Waals surface area contributed by atoms with Gasteiger partial charge in [0.25, 0.3) is 0 Å². The molecular weight excluding hydrogens is 366 g/mol. The van der Waals surface area contributed by atoms with E-state index in [0.717, 1.165) is 5.69 Å². The van der Waals surface area contributed by atoms with Gasteiger partial charge in [0.1, 0.15) is 0 Å². The van der Waals surface area contributed by atoms with Crippen molar-refractivity contribution in [2.24, 2.45) is 0 Å². The molecule has 0 bridgehead atoms. The summed E-state index contributed by atoms with van der Waals surface area (Å²) in [6, 6.07) is 14.2. The summed E-state index contributed by atoms with van der Waals surface area (Å²) < 4.78 is 0. The van der Waals surface area contributed by atoms with Gasteiger partial charge in [-0.25, -0.2) is 0 Å². The van der Waals surface area contributed by atoms with E-state index >= 15 is 0 Å². The van der Waals surface area contributed by atoms with Crippen LogP contribution in [0.5, 0.6) is 0 Å². The lowest BCUT2D eigenvalue weighted by atomic mass is 10.1. The van der Waals surface area contributed by atoms with Crippen molar-refractivity contribution in [1.82, 2.24) is 15.0 Å². The lowest BCUT2D eigenvalue weighted by Gasteiger charge is -2.01. The molecule has 30 heavy (non-hydrogen) atoms. The van der Waals surface area contributed by atoms with Crippen molar-refractivity contribution >= 4 is 0 Å². The normalized spacial score (nSPS) is 9.10. The molecule has 3 heteroatoms. The van der Waals surface area contributed by atoms with E-state index in [0.29, 0.717) is 17.8 Å². The SMILES string of the molecule is C.C.C.CC(C)c1ccccn1.CC(C)c1cccnc1.CC(C)c1ccncc1. The van der Waals surface area contributed by atoms with E-state index in [-0.39, 0.29) is 22.3 Å². The minimum absolute atomic E-state index is 0. The van der Waals surface area contributed by atoms with E-state index in [1.807, 2.05) is 61.2 Å². The molecular formula is C27H45N3. The number of rotatable bonds is 3. The molecule has 0 aliphatic rings. The average Bonchev–Trinajstić information content (AvgIpc) is 2.71. The summed E-state index contributed by atoms with van der Waals surface area (Å²) in [5.74, 6) is 1.76. The van der Waals surface area contributed by atoms with Crippen molar-refractivity contribution in [3.8, 4) is 0 Å². The van der Waals surface area contributed by atoms with Crippen LogP contribution in [0.25, 0.3) is 0 Å². The van der Waals surface area contributed by atoms with Crippen LogP contribution in [0.3, 0.4) is 0 Å². The fraction of sp³-hybridized carbons (Fsp3) is 0.444. The predicted molar refractivity (Wildman–Crippen MR) is 135 cm³/mol. The molecule has 0 saturated heterocycles. The molecule has 0 N–H and O–H groups in total. The zero-order valence-electron chi connectivity index (χ0n) is 17.5. The second-order valence-electron chi connectivity index (χ2n) is 7.29. The van der Waals surface area contributed by atoms with Crippen LogP contribution < -0.4 is 0 Å². The molecule has 3 nitrogen and oxygen atoms in total. The Bertz CT molecular complexity index is 605. The van der Waals surface area contributed by atoms with Gasteiger partial charge in [-0.2, -0.15) is 0 Å². The molecule has 0 atom stereocenters. The second-order valence-corrected chi connectivity index (χ2v) is 7.29. The van der Waals surface area contributed by atoms with E-state index in [1.54, 1.807) is 6.20 Å². The van der Waals surface area contributed by atoms with Gasteiger partial charge in [0, 0.05) is 36.7 Å². The van der Waals surface area contributed by atoms with Crippen molar-refractivity contribution in [2.75, 3.05) is 0 Å². The summed E-state index contributed by atoms with van der Waals surface area (Å²) in [5.41, 5.74) is 3.82. The van der Waals surface area contributed by atoms with Crippen LogP contribution in [-0.2, 0) is 0 Å². The van der Waals surface area contributed by atoms with Crippen molar-refractivity contribution < 1.29 is 0 Å². The summed E-state index contributed by atoms with van der Waals surface area (Å²) in [5, 5.41) is 0. The number of pyridine rings is 3. The maximum Gasteiger partial charge on any atom is 0.0428 e. The first-order valence-electron chi connectivity index (χ1n) is 9.62. The zero-order chi connectivity index (χ0) is 20.1. The van der Waals surface area contributed by atoms with Crippen LogP contribution in [0.2, 0.25) is 0 Å². The topological polar surface area (TPSA) is 38.7 Å². The molecule has 0 saturated carbocycles. The molecule has 0 aliphatic carbocycles. The van der Waals surface area contributed by atoms with E-state index in [9.17, 15) is 0 Å². The highest BCUT2D eigenvalue weighted by molar-refractivity contribution is 5.13. The molecule has 3 aromatic heterocycles. The van der Waals surface area contributed by atoms with Gasteiger partial charge in [-0.15, -0.1) is 0 Å². The Morgan fingerprint density at radius 1 is 0.533 bits per heavy atom. The highest BCUT2D eigenvalue weighted by Gasteiger charge is 1.96. The molecule has 0 aliphatic heterocycles. The third-order valence-electron chi connectivity index (χ3n) is 4.00. The van der Waals surface area contributed by atoms with Crippen LogP contribution in [0, 0.1) is 0 Å². The molecule has 3 rings (SSSR count). The smallest absolute Gasteiger partial charge is 0.0428 e. The van der Waals surface area contributed by atoms with Crippen molar-refractivity contribution in [1.29, 1.82) is 0 Å². The van der Waals surface area contributed by atoms with E-state index < -0.39 is 0 Å². The van der Waals surface area contributed by atoms with Crippen LogP contribution in [0.15, 0.2) is 73.4 Å². The summed E-state index contributed by atoms with van der Waals surface area (Å²) in [6.45, 7) is 13.0. The Morgan fingerprint density at radius 3 is 1.43 bits per heavy atom. The summed E-state index contributed by atoms with van der Waals surface area (Å²) in [4.78, 5) is 12.1. The van der Waals surface area contributed by atoms with Crippen molar-refractivity contribution in [2.45, 2.75) is 81.6 Å². The number of hydrogen-bond acceptors (Lipinski definition) is 3. The molecule has 0 spiro atoms. The monoisotopic (exact) mass is 411 g/mol. The van der Waals surface area contributed by atoms with Gasteiger partial charge in [0.05, 0.1) is 0 Å². The molecule has 0 unspecified atom stereocenters. The lowest BCUT2D eigenvalue weighted by Crippen LogP contribution is -1.88. The van der Waals surface area contributed by atoms with Gasteiger partial charge in [0.2, 0.25) is 0 Å². The Hall–Kier alpha value is -2.55. The van der Waals surface area contributed by atoms with Crippen LogP contribution >= 0.6 is 0 Å². The molecule has 3 heterocycles. The Morgan fingerprint density at radius 2 is 1.13 bits per heavy atom. The zero-order valence-corrected chi connectivity index (χ0v) is 17.5. The number of nitrogens with zero attached hydrogens (tertiary/aromatic N) is 3. The molecule has 0 fully saturated rings. The standard InChI is InChI=1S/3C8H11N.3CH4/c1-7(2)8-3-5-9-6-4-8;1-7(2)8-4-3-5-9-6-8;1-7(2)8-5-3-4-6-9-8;;;/h3*3-7H,1-2H3;3*1H4. The van der Waals surface area contributed by atoms with Gasteiger partial charge in [-0.05, 0) is 59.2 Å². The Labute approximate surface area is 187 Å². The van der Waals surface area contributed by atoms with Crippen molar-refractivity contribution in [3.05, 3.63) is 90.3 Å². The first-order chi connectivity index (χ1) is 12.9. The second kappa shape index (κ2) is 18.5. The van der Waals surface area contributed by atoms with Crippen LogP contribution in [0.1, 0.15) is 98.4 Å². The van der Waals surface area contributed by atoms with Crippen LogP contribution in [-0.4, -0.2) is 15.0 Å². The predicted octanol–water partition coefficient (Wildman–Crippen LogP) is 8.52. The maximum atomic E-state index is 4.18. The van der Waals surface area contributed by atoms with E-state index in [4.69, 9.17) is 0 Å². The number of aromatic nitrogens is 3.